The highest BCUT2D eigenvalue weighted by Gasteiger charge is 2.10. The van der Waals surface area contributed by atoms with Crippen molar-refractivity contribution in [3.63, 3.8) is 0 Å². The summed E-state index contributed by atoms with van der Waals surface area (Å²) in [4.78, 5) is 12.4. The van der Waals surface area contributed by atoms with Crippen molar-refractivity contribution in [3.05, 3.63) is 51.7 Å². The van der Waals surface area contributed by atoms with Gasteiger partial charge in [-0.05, 0) is 29.6 Å². The molecule has 2 amide bonds. The van der Waals surface area contributed by atoms with E-state index in [0.29, 0.717) is 10.7 Å². The molecular formula is C13H13ClN2O2S. The quantitative estimate of drug-likeness (QED) is 0.811. The summed E-state index contributed by atoms with van der Waals surface area (Å²) >= 11 is 7.26. The highest BCUT2D eigenvalue weighted by atomic mass is 35.5. The number of urea groups is 1. The fraction of sp³-hybridized carbons (Fsp3) is 0.154. The summed E-state index contributed by atoms with van der Waals surface area (Å²) in [6, 6.07) is 10.2. The summed E-state index contributed by atoms with van der Waals surface area (Å²) < 4.78 is 0. The number of thiophene rings is 1. The van der Waals surface area contributed by atoms with E-state index in [0.717, 1.165) is 4.88 Å². The number of hydrogen-bond donors (Lipinski definition) is 3. The number of carbonyl (C=O) groups excluding carboxylic acids is 1. The standard InChI is InChI=1S/C13H13ClN2O2S/c14-9-3-1-4-10(7-9)16-13(18)15-8-11(17)12-5-2-6-19-12/h1-7,11,17H,8H2,(H2,15,16,18). The number of rotatable bonds is 4. The maximum absolute atomic E-state index is 11.6. The molecule has 4 nitrogen and oxygen atoms in total. The van der Waals surface area contributed by atoms with E-state index in [4.69, 9.17) is 11.6 Å². The third-order valence-corrected chi connectivity index (χ3v) is 3.62. The van der Waals surface area contributed by atoms with Gasteiger partial charge >= 0.3 is 6.03 Å². The second-order valence-electron chi connectivity index (χ2n) is 3.88. The van der Waals surface area contributed by atoms with Crippen molar-refractivity contribution < 1.29 is 9.90 Å². The minimum atomic E-state index is -0.690. The predicted octanol–water partition coefficient (Wildman–Crippen LogP) is 3.26. The number of aliphatic hydroxyl groups excluding tert-OH is 1. The third-order valence-electron chi connectivity index (χ3n) is 2.41. The van der Waals surface area contributed by atoms with E-state index >= 15 is 0 Å². The molecule has 100 valence electrons. The minimum Gasteiger partial charge on any atom is -0.386 e. The fourth-order valence-corrected chi connectivity index (χ4v) is 2.41. The average molecular weight is 297 g/mol. The van der Waals surface area contributed by atoms with E-state index in [1.807, 2.05) is 17.5 Å². The first-order valence-electron chi connectivity index (χ1n) is 5.67. The maximum Gasteiger partial charge on any atom is 0.319 e. The number of carbonyl (C=O) groups is 1. The van der Waals surface area contributed by atoms with Crippen molar-refractivity contribution in [2.45, 2.75) is 6.10 Å². The van der Waals surface area contributed by atoms with Crippen LogP contribution in [0.15, 0.2) is 41.8 Å². The zero-order chi connectivity index (χ0) is 13.7. The number of halogens is 1. The van der Waals surface area contributed by atoms with E-state index in [-0.39, 0.29) is 12.6 Å². The Balaban J connectivity index is 1.82. The van der Waals surface area contributed by atoms with Crippen LogP contribution in [0.2, 0.25) is 5.02 Å². The van der Waals surface area contributed by atoms with Crippen molar-refractivity contribution >= 4 is 34.7 Å². The molecule has 1 heterocycles. The summed E-state index contributed by atoms with van der Waals surface area (Å²) in [7, 11) is 0. The van der Waals surface area contributed by atoms with Crippen molar-refractivity contribution in [1.29, 1.82) is 0 Å². The molecule has 1 unspecified atom stereocenters. The number of amides is 2. The van der Waals surface area contributed by atoms with Crippen LogP contribution in [0.5, 0.6) is 0 Å². The highest BCUT2D eigenvalue weighted by molar-refractivity contribution is 7.10. The first kappa shape index (κ1) is 13.9. The average Bonchev–Trinajstić information content (AvgIpc) is 2.90. The van der Waals surface area contributed by atoms with E-state index < -0.39 is 6.10 Å². The molecule has 0 aliphatic carbocycles. The summed E-state index contributed by atoms with van der Waals surface area (Å²) in [5.41, 5.74) is 0.607. The lowest BCUT2D eigenvalue weighted by atomic mass is 10.3. The molecule has 1 aromatic heterocycles. The van der Waals surface area contributed by atoms with Crippen LogP contribution in [0.3, 0.4) is 0 Å². The van der Waals surface area contributed by atoms with Crippen LogP contribution in [-0.2, 0) is 0 Å². The van der Waals surface area contributed by atoms with E-state index in [1.54, 1.807) is 24.3 Å². The first-order valence-corrected chi connectivity index (χ1v) is 6.93. The molecule has 0 spiro atoms. The number of nitrogens with one attached hydrogen (secondary N) is 2. The van der Waals surface area contributed by atoms with Gasteiger partial charge in [0.25, 0.3) is 0 Å². The summed E-state index contributed by atoms with van der Waals surface area (Å²) in [5, 5.41) is 17.5. The molecule has 2 aromatic rings. The highest BCUT2D eigenvalue weighted by Crippen LogP contribution is 2.18. The first-order chi connectivity index (χ1) is 9.15. The van der Waals surface area contributed by atoms with Crippen molar-refractivity contribution in [2.75, 3.05) is 11.9 Å². The second kappa shape index (κ2) is 6.56. The largest absolute Gasteiger partial charge is 0.386 e. The lowest BCUT2D eigenvalue weighted by Crippen LogP contribution is -2.32. The van der Waals surface area contributed by atoms with Gasteiger partial charge in [-0.25, -0.2) is 4.79 Å². The lowest BCUT2D eigenvalue weighted by Gasteiger charge is -2.11. The van der Waals surface area contributed by atoms with E-state index in [2.05, 4.69) is 10.6 Å². The summed E-state index contributed by atoms with van der Waals surface area (Å²) in [5.74, 6) is 0. The molecule has 1 atom stereocenters. The molecule has 2 rings (SSSR count). The molecule has 0 bridgehead atoms. The van der Waals surface area contributed by atoms with Crippen LogP contribution >= 0.6 is 22.9 Å². The zero-order valence-electron chi connectivity index (χ0n) is 9.97. The Hall–Kier alpha value is -1.56. The Morgan fingerprint density at radius 1 is 1.37 bits per heavy atom. The molecule has 0 saturated heterocycles. The van der Waals surface area contributed by atoms with Gasteiger partial charge in [-0.2, -0.15) is 0 Å². The SMILES string of the molecule is O=C(NCC(O)c1cccs1)Nc1cccc(Cl)c1. The van der Waals surface area contributed by atoms with Gasteiger partial charge in [0.1, 0.15) is 6.10 Å². The molecule has 6 heteroatoms. The van der Waals surface area contributed by atoms with Gasteiger partial charge in [0.2, 0.25) is 0 Å². The van der Waals surface area contributed by atoms with E-state index in [1.165, 1.54) is 11.3 Å². The summed E-state index contributed by atoms with van der Waals surface area (Å²) in [6.45, 7) is 0.160. The van der Waals surface area contributed by atoms with Crippen molar-refractivity contribution in [2.24, 2.45) is 0 Å². The molecule has 0 aliphatic rings. The monoisotopic (exact) mass is 296 g/mol. The van der Waals surface area contributed by atoms with Crippen LogP contribution < -0.4 is 10.6 Å². The Kier molecular flexibility index (Phi) is 4.79. The van der Waals surface area contributed by atoms with Gasteiger partial charge in [0.05, 0.1) is 6.54 Å². The van der Waals surface area contributed by atoms with Crippen LogP contribution in [0.4, 0.5) is 10.5 Å². The minimum absolute atomic E-state index is 0.160. The third kappa shape index (κ3) is 4.24. The van der Waals surface area contributed by atoms with Crippen molar-refractivity contribution in [3.8, 4) is 0 Å². The van der Waals surface area contributed by atoms with Gasteiger partial charge in [-0.15, -0.1) is 11.3 Å². The van der Waals surface area contributed by atoms with Crippen LogP contribution in [-0.4, -0.2) is 17.7 Å². The lowest BCUT2D eigenvalue weighted by molar-refractivity contribution is 0.178. The van der Waals surface area contributed by atoms with Gasteiger partial charge < -0.3 is 15.7 Å². The summed E-state index contributed by atoms with van der Waals surface area (Å²) in [6.07, 6.45) is -0.690. The van der Waals surface area contributed by atoms with Crippen LogP contribution in [0.1, 0.15) is 11.0 Å². The number of hydrogen-bond acceptors (Lipinski definition) is 3. The molecule has 0 radical (unpaired) electrons. The van der Waals surface area contributed by atoms with Crippen molar-refractivity contribution in [1.82, 2.24) is 5.32 Å². The van der Waals surface area contributed by atoms with Crippen LogP contribution in [0.25, 0.3) is 0 Å². The molecular weight excluding hydrogens is 284 g/mol. The topological polar surface area (TPSA) is 61.4 Å². The fourth-order valence-electron chi connectivity index (χ4n) is 1.51. The van der Waals surface area contributed by atoms with Gasteiger partial charge in [0.15, 0.2) is 0 Å². The number of anilines is 1. The Bertz CT molecular complexity index is 545. The van der Waals surface area contributed by atoms with E-state index in [9.17, 15) is 9.90 Å². The normalized spacial score (nSPS) is 11.9. The molecule has 0 saturated carbocycles. The molecule has 0 aliphatic heterocycles. The van der Waals surface area contributed by atoms with Gasteiger partial charge in [-0.3, -0.25) is 0 Å². The Morgan fingerprint density at radius 2 is 2.21 bits per heavy atom. The molecule has 19 heavy (non-hydrogen) atoms. The Morgan fingerprint density at radius 3 is 2.89 bits per heavy atom. The smallest absolute Gasteiger partial charge is 0.319 e. The second-order valence-corrected chi connectivity index (χ2v) is 5.29. The Labute approximate surface area is 120 Å². The van der Waals surface area contributed by atoms with Gasteiger partial charge in [-0.1, -0.05) is 23.7 Å². The maximum atomic E-state index is 11.6. The molecule has 1 aromatic carbocycles. The predicted molar refractivity (Wildman–Crippen MR) is 77.8 cm³/mol. The van der Waals surface area contributed by atoms with Gasteiger partial charge in [0, 0.05) is 15.6 Å². The number of aliphatic hydroxyl groups is 1. The zero-order valence-corrected chi connectivity index (χ0v) is 11.5. The number of benzene rings is 1. The van der Waals surface area contributed by atoms with Crippen LogP contribution in [0, 0.1) is 0 Å². The molecule has 0 fully saturated rings. The molecule has 3 N–H and O–H groups in total.